The first-order valence-electron chi connectivity index (χ1n) is 6.35. The first-order valence-corrected chi connectivity index (χ1v) is 7.23. The Morgan fingerprint density at radius 3 is 2.72 bits per heavy atom. The van der Waals surface area contributed by atoms with Crippen molar-refractivity contribution >= 4 is 27.4 Å². The van der Waals surface area contributed by atoms with Crippen LogP contribution in [0.5, 0.6) is 0 Å². The van der Waals surface area contributed by atoms with Gasteiger partial charge in [0.05, 0.1) is 5.39 Å². The molecule has 1 aliphatic rings. The molecule has 0 radical (unpaired) electrons. The molecular formula is C13H18N4S. The number of hydrogen-bond donors (Lipinski definition) is 1. The van der Waals surface area contributed by atoms with Gasteiger partial charge in [-0.05, 0) is 31.7 Å². The fourth-order valence-corrected chi connectivity index (χ4v) is 3.62. The Morgan fingerprint density at radius 2 is 2.00 bits per heavy atom. The van der Waals surface area contributed by atoms with Crippen LogP contribution in [0.1, 0.15) is 19.4 Å². The van der Waals surface area contributed by atoms with E-state index in [0.717, 1.165) is 23.7 Å². The molecule has 2 atom stereocenters. The van der Waals surface area contributed by atoms with Crippen molar-refractivity contribution in [2.75, 3.05) is 18.0 Å². The van der Waals surface area contributed by atoms with Crippen LogP contribution in [-0.2, 0) is 0 Å². The average molecular weight is 262 g/mol. The molecular weight excluding hydrogens is 244 g/mol. The number of nitrogens with one attached hydrogen (secondary N) is 1. The lowest BCUT2D eigenvalue weighted by Gasteiger charge is -2.37. The largest absolute Gasteiger partial charge is 0.353 e. The molecule has 0 bridgehead atoms. The molecule has 3 heterocycles. The van der Waals surface area contributed by atoms with Crippen molar-refractivity contribution in [2.24, 2.45) is 0 Å². The number of hydrogen-bond acceptors (Lipinski definition) is 5. The number of nitrogens with zero attached hydrogens (tertiary/aromatic N) is 3. The molecule has 96 valence electrons. The third kappa shape index (κ3) is 1.97. The third-order valence-electron chi connectivity index (χ3n) is 3.39. The van der Waals surface area contributed by atoms with Crippen LogP contribution in [0.4, 0.5) is 5.82 Å². The highest BCUT2D eigenvalue weighted by Gasteiger charge is 2.24. The molecule has 0 spiro atoms. The molecule has 0 amide bonds. The van der Waals surface area contributed by atoms with E-state index in [1.54, 1.807) is 17.7 Å². The third-order valence-corrected chi connectivity index (χ3v) is 4.40. The Bertz CT molecular complexity index is 555. The predicted molar refractivity (Wildman–Crippen MR) is 76.4 cm³/mol. The Labute approximate surface area is 111 Å². The van der Waals surface area contributed by atoms with Crippen molar-refractivity contribution in [3.63, 3.8) is 0 Å². The molecule has 4 nitrogen and oxygen atoms in total. The van der Waals surface area contributed by atoms with Gasteiger partial charge in [0.25, 0.3) is 0 Å². The van der Waals surface area contributed by atoms with Gasteiger partial charge >= 0.3 is 0 Å². The standard InChI is InChI=1S/C13H18N4S/c1-8-6-18-13-11(8)12(14-7-15-13)17-4-9(2)16-10(3)5-17/h6-7,9-10,16H,4-5H2,1-3H3/t9-,10+. The van der Waals surface area contributed by atoms with Gasteiger partial charge in [0.2, 0.25) is 0 Å². The van der Waals surface area contributed by atoms with Gasteiger partial charge < -0.3 is 10.2 Å². The fraction of sp³-hybridized carbons (Fsp3) is 0.538. The van der Waals surface area contributed by atoms with E-state index in [1.165, 1.54) is 10.9 Å². The normalized spacial score (nSPS) is 24.7. The van der Waals surface area contributed by atoms with Gasteiger partial charge in [-0.15, -0.1) is 11.3 Å². The maximum absolute atomic E-state index is 4.53. The number of fused-ring (bicyclic) bond motifs is 1. The summed E-state index contributed by atoms with van der Waals surface area (Å²) in [5.74, 6) is 1.10. The molecule has 5 heteroatoms. The molecule has 0 unspecified atom stereocenters. The second-order valence-corrected chi connectivity index (χ2v) is 6.03. The van der Waals surface area contributed by atoms with Crippen molar-refractivity contribution in [1.82, 2.24) is 15.3 Å². The summed E-state index contributed by atoms with van der Waals surface area (Å²) in [5, 5.41) is 6.94. The molecule has 1 saturated heterocycles. The zero-order valence-corrected chi connectivity index (χ0v) is 11.8. The minimum absolute atomic E-state index is 0.498. The van der Waals surface area contributed by atoms with E-state index in [-0.39, 0.29) is 0 Å². The molecule has 0 saturated carbocycles. The van der Waals surface area contributed by atoms with Gasteiger partial charge in [0.1, 0.15) is 17.0 Å². The van der Waals surface area contributed by atoms with E-state index >= 15 is 0 Å². The second kappa shape index (κ2) is 4.48. The first-order chi connectivity index (χ1) is 8.65. The number of anilines is 1. The Kier molecular flexibility index (Phi) is 2.95. The van der Waals surface area contributed by atoms with Gasteiger partial charge in [-0.3, -0.25) is 0 Å². The molecule has 0 aliphatic carbocycles. The van der Waals surface area contributed by atoms with Crippen molar-refractivity contribution in [3.05, 3.63) is 17.3 Å². The number of thiophene rings is 1. The van der Waals surface area contributed by atoms with Crippen molar-refractivity contribution in [3.8, 4) is 0 Å². The van der Waals surface area contributed by atoms with Crippen LogP contribution in [0.3, 0.4) is 0 Å². The van der Waals surface area contributed by atoms with Crippen LogP contribution in [0, 0.1) is 6.92 Å². The predicted octanol–water partition coefficient (Wildman–Crippen LogP) is 2.19. The minimum Gasteiger partial charge on any atom is -0.353 e. The Balaban J connectivity index is 2.05. The van der Waals surface area contributed by atoms with Crippen LogP contribution < -0.4 is 10.2 Å². The van der Waals surface area contributed by atoms with Gasteiger partial charge in [0, 0.05) is 25.2 Å². The van der Waals surface area contributed by atoms with E-state index in [9.17, 15) is 0 Å². The van der Waals surface area contributed by atoms with E-state index in [1.807, 2.05) is 0 Å². The highest BCUT2D eigenvalue weighted by molar-refractivity contribution is 7.17. The lowest BCUT2D eigenvalue weighted by Crippen LogP contribution is -2.54. The maximum atomic E-state index is 4.53. The summed E-state index contributed by atoms with van der Waals surface area (Å²) in [5.41, 5.74) is 1.28. The van der Waals surface area contributed by atoms with E-state index in [0.29, 0.717) is 12.1 Å². The Hall–Kier alpha value is -1.20. The smallest absolute Gasteiger partial charge is 0.141 e. The first kappa shape index (κ1) is 11.9. The fourth-order valence-electron chi connectivity index (χ4n) is 2.74. The summed E-state index contributed by atoms with van der Waals surface area (Å²) in [4.78, 5) is 12.4. The zero-order valence-electron chi connectivity index (χ0n) is 11.0. The number of aromatic nitrogens is 2. The molecule has 1 aliphatic heterocycles. The summed E-state index contributed by atoms with van der Waals surface area (Å²) in [6.07, 6.45) is 1.69. The summed E-state index contributed by atoms with van der Waals surface area (Å²) in [6, 6.07) is 0.996. The lowest BCUT2D eigenvalue weighted by molar-refractivity contribution is 0.406. The average Bonchev–Trinajstić information content (AvgIpc) is 2.70. The maximum Gasteiger partial charge on any atom is 0.141 e. The highest BCUT2D eigenvalue weighted by atomic mass is 32.1. The summed E-state index contributed by atoms with van der Waals surface area (Å²) in [6.45, 7) is 8.60. The van der Waals surface area contributed by atoms with E-state index in [2.05, 4.69) is 46.3 Å². The Morgan fingerprint density at radius 1 is 1.28 bits per heavy atom. The monoisotopic (exact) mass is 262 g/mol. The van der Waals surface area contributed by atoms with E-state index in [4.69, 9.17) is 0 Å². The minimum atomic E-state index is 0.498. The summed E-state index contributed by atoms with van der Waals surface area (Å²) < 4.78 is 0. The molecule has 1 fully saturated rings. The number of rotatable bonds is 1. The molecule has 2 aromatic rings. The van der Waals surface area contributed by atoms with Crippen LogP contribution in [0.2, 0.25) is 0 Å². The van der Waals surface area contributed by atoms with Gasteiger partial charge in [-0.2, -0.15) is 0 Å². The topological polar surface area (TPSA) is 41.1 Å². The molecule has 0 aromatic carbocycles. The molecule has 1 N–H and O–H groups in total. The van der Waals surface area contributed by atoms with E-state index < -0.39 is 0 Å². The number of piperazine rings is 1. The van der Waals surface area contributed by atoms with Gasteiger partial charge in [0.15, 0.2) is 0 Å². The lowest BCUT2D eigenvalue weighted by atomic mass is 10.1. The highest BCUT2D eigenvalue weighted by Crippen LogP contribution is 2.31. The van der Waals surface area contributed by atoms with Crippen molar-refractivity contribution in [1.29, 1.82) is 0 Å². The summed E-state index contributed by atoms with van der Waals surface area (Å²) >= 11 is 1.70. The van der Waals surface area contributed by atoms with Crippen molar-refractivity contribution in [2.45, 2.75) is 32.9 Å². The van der Waals surface area contributed by atoms with Crippen molar-refractivity contribution < 1.29 is 0 Å². The SMILES string of the molecule is Cc1csc2ncnc(N3C[C@@H](C)N[C@@H](C)C3)c12. The zero-order chi connectivity index (χ0) is 12.7. The second-order valence-electron chi connectivity index (χ2n) is 5.17. The molecule has 18 heavy (non-hydrogen) atoms. The van der Waals surface area contributed by atoms with Gasteiger partial charge in [-0.1, -0.05) is 0 Å². The van der Waals surface area contributed by atoms with Crippen LogP contribution in [0.15, 0.2) is 11.7 Å². The molecule has 3 rings (SSSR count). The molecule has 2 aromatic heterocycles. The van der Waals surface area contributed by atoms with Crippen LogP contribution in [-0.4, -0.2) is 35.1 Å². The quantitative estimate of drug-likeness (QED) is 0.855. The summed E-state index contributed by atoms with van der Waals surface area (Å²) in [7, 11) is 0. The van der Waals surface area contributed by atoms with Crippen LogP contribution >= 0.6 is 11.3 Å². The van der Waals surface area contributed by atoms with Gasteiger partial charge in [-0.25, -0.2) is 9.97 Å². The number of aryl methyl sites for hydroxylation is 1. The van der Waals surface area contributed by atoms with Crippen LogP contribution in [0.25, 0.3) is 10.2 Å².